The lowest BCUT2D eigenvalue weighted by molar-refractivity contribution is -0.384. The first-order valence-electron chi connectivity index (χ1n) is 10.3. The van der Waals surface area contributed by atoms with Gasteiger partial charge < -0.3 is 14.2 Å². The van der Waals surface area contributed by atoms with Crippen molar-refractivity contribution in [2.24, 2.45) is 0 Å². The lowest BCUT2D eigenvalue weighted by Crippen LogP contribution is -2.13. The lowest BCUT2D eigenvalue weighted by Gasteiger charge is -2.13. The van der Waals surface area contributed by atoms with Crippen molar-refractivity contribution in [1.82, 2.24) is 0 Å². The molecule has 36 heavy (non-hydrogen) atoms. The van der Waals surface area contributed by atoms with E-state index in [2.05, 4.69) is 21.2 Å². The summed E-state index contributed by atoms with van der Waals surface area (Å²) in [6.07, 6.45) is 1.32. The Bertz CT molecular complexity index is 1480. The number of carbonyl (C=O) groups is 1. The molecule has 3 aromatic rings. The van der Waals surface area contributed by atoms with E-state index in [1.54, 1.807) is 31.2 Å². The highest BCUT2D eigenvalue weighted by atomic mass is 79.9. The molecule has 0 aromatic heterocycles. The van der Waals surface area contributed by atoms with Crippen molar-refractivity contribution in [1.29, 1.82) is 5.26 Å². The van der Waals surface area contributed by atoms with Crippen molar-refractivity contribution in [3.05, 3.63) is 92.5 Å². The summed E-state index contributed by atoms with van der Waals surface area (Å²) < 4.78 is 36.7. The number of carbonyl (C=O) groups excluding carboxylic acids is 1. The number of hydrogen-bond acceptors (Lipinski definition) is 8. The van der Waals surface area contributed by atoms with Crippen LogP contribution in [0, 0.1) is 21.4 Å². The van der Waals surface area contributed by atoms with Crippen molar-refractivity contribution < 1.29 is 27.1 Å². The molecule has 0 spiro atoms. The third-order valence-electron chi connectivity index (χ3n) is 4.60. The molecule has 0 radical (unpaired) electrons. The number of amides is 1. The maximum atomic E-state index is 12.7. The third kappa shape index (κ3) is 6.47. The minimum Gasteiger partial charge on any atom is -0.490 e. The molecule has 0 aliphatic heterocycles. The molecule has 0 atom stereocenters. The van der Waals surface area contributed by atoms with Gasteiger partial charge in [0.1, 0.15) is 16.5 Å². The second kappa shape index (κ2) is 11.5. The topological polar surface area (TPSA) is 149 Å². The third-order valence-corrected chi connectivity index (χ3v) is 6.54. The average Bonchev–Trinajstić information content (AvgIpc) is 2.85. The van der Waals surface area contributed by atoms with E-state index < -0.39 is 20.9 Å². The van der Waals surface area contributed by atoms with Crippen LogP contribution in [0.3, 0.4) is 0 Å². The number of hydrogen-bond donors (Lipinski definition) is 1. The predicted molar refractivity (Wildman–Crippen MR) is 135 cm³/mol. The van der Waals surface area contributed by atoms with Gasteiger partial charge in [0.2, 0.25) is 0 Å². The Morgan fingerprint density at radius 3 is 2.44 bits per heavy atom. The van der Waals surface area contributed by atoms with E-state index >= 15 is 0 Å². The number of nitriles is 1. The second-order valence-corrected chi connectivity index (χ2v) is 9.43. The molecule has 12 heteroatoms. The summed E-state index contributed by atoms with van der Waals surface area (Å²) in [4.78, 5) is 22.5. The number of ether oxygens (including phenoxy) is 1. The standard InChI is InChI=1S/C24H18BrN3O7S/c1-2-34-23-14-16(13-17(15-26)24(29)27-21-6-4-3-5-20(21)25)7-12-22(23)35-36(32,33)19-10-8-18(9-11-19)28(30)31/h3-14H,2H2,1H3,(H,27,29)/b17-13+. The Hall–Kier alpha value is -4.21. The highest BCUT2D eigenvalue weighted by Crippen LogP contribution is 2.32. The maximum absolute atomic E-state index is 12.7. The summed E-state index contributed by atoms with van der Waals surface area (Å²) in [5.74, 6) is -0.716. The molecule has 0 heterocycles. The van der Waals surface area contributed by atoms with Crippen LogP contribution in [0.1, 0.15) is 12.5 Å². The van der Waals surface area contributed by atoms with E-state index in [0.29, 0.717) is 15.7 Å². The first kappa shape index (κ1) is 26.4. The second-order valence-electron chi connectivity index (χ2n) is 7.03. The predicted octanol–water partition coefficient (Wildman–Crippen LogP) is 5.07. The van der Waals surface area contributed by atoms with Crippen LogP contribution in [-0.4, -0.2) is 25.9 Å². The van der Waals surface area contributed by atoms with Crippen LogP contribution in [0.4, 0.5) is 11.4 Å². The molecular formula is C24H18BrN3O7S. The van der Waals surface area contributed by atoms with E-state index in [1.807, 2.05) is 6.07 Å². The average molecular weight is 572 g/mol. The SMILES string of the molecule is CCOc1cc(/C=C(\C#N)C(=O)Nc2ccccc2Br)ccc1OS(=O)(=O)c1ccc([N+](=O)[O-])cc1. The van der Waals surface area contributed by atoms with Gasteiger partial charge in [0.15, 0.2) is 11.5 Å². The highest BCUT2D eigenvalue weighted by molar-refractivity contribution is 9.10. The Morgan fingerprint density at radius 1 is 1.14 bits per heavy atom. The zero-order valence-corrected chi connectivity index (χ0v) is 21.1. The number of halogens is 1. The maximum Gasteiger partial charge on any atom is 0.339 e. The molecule has 3 rings (SSSR count). The molecule has 0 saturated heterocycles. The molecular weight excluding hydrogens is 554 g/mol. The minimum absolute atomic E-state index is 0.0558. The molecule has 0 aliphatic rings. The molecule has 0 bridgehead atoms. The Morgan fingerprint density at radius 2 is 1.83 bits per heavy atom. The molecule has 0 saturated carbocycles. The van der Waals surface area contributed by atoms with Crippen LogP contribution in [0.5, 0.6) is 11.5 Å². The van der Waals surface area contributed by atoms with Crippen molar-refractivity contribution >= 4 is 49.4 Å². The number of nitrogens with zero attached hydrogens (tertiary/aromatic N) is 2. The zero-order valence-electron chi connectivity index (χ0n) is 18.7. The molecule has 10 nitrogen and oxygen atoms in total. The smallest absolute Gasteiger partial charge is 0.339 e. The molecule has 0 fully saturated rings. The number of rotatable bonds is 9. The van der Waals surface area contributed by atoms with Crippen molar-refractivity contribution in [3.63, 3.8) is 0 Å². The number of anilines is 1. The number of para-hydroxylation sites is 1. The van der Waals surface area contributed by atoms with Gasteiger partial charge in [0.25, 0.3) is 11.6 Å². The summed E-state index contributed by atoms with van der Waals surface area (Å²) in [5, 5.41) is 22.9. The fourth-order valence-corrected chi connectivity index (χ4v) is 4.24. The summed E-state index contributed by atoms with van der Waals surface area (Å²) in [6, 6.07) is 17.2. The fourth-order valence-electron chi connectivity index (χ4n) is 2.92. The normalized spacial score (nSPS) is 11.3. The van der Waals surface area contributed by atoms with E-state index in [9.17, 15) is 28.6 Å². The van der Waals surface area contributed by atoms with Crippen molar-refractivity contribution in [3.8, 4) is 17.6 Å². The van der Waals surface area contributed by atoms with Crippen molar-refractivity contribution in [2.45, 2.75) is 11.8 Å². The fraction of sp³-hybridized carbons (Fsp3) is 0.0833. The molecule has 1 N–H and O–H groups in total. The molecule has 0 aliphatic carbocycles. The number of benzene rings is 3. The highest BCUT2D eigenvalue weighted by Gasteiger charge is 2.21. The molecule has 3 aromatic carbocycles. The molecule has 184 valence electrons. The van der Waals surface area contributed by atoms with Gasteiger partial charge in [-0.1, -0.05) is 18.2 Å². The number of nitro benzene ring substituents is 1. The zero-order chi connectivity index (χ0) is 26.3. The van der Waals surface area contributed by atoms with Crippen LogP contribution in [0.25, 0.3) is 6.08 Å². The first-order chi connectivity index (χ1) is 17.1. The summed E-state index contributed by atoms with van der Waals surface area (Å²) >= 11 is 3.32. The van der Waals surface area contributed by atoms with E-state index in [4.69, 9.17) is 8.92 Å². The van der Waals surface area contributed by atoms with Gasteiger partial charge in [0, 0.05) is 16.6 Å². The Kier molecular flexibility index (Phi) is 8.42. The monoisotopic (exact) mass is 571 g/mol. The van der Waals surface area contributed by atoms with Crippen LogP contribution in [0.2, 0.25) is 0 Å². The van der Waals surface area contributed by atoms with Gasteiger partial charge in [-0.05, 0) is 70.9 Å². The van der Waals surface area contributed by atoms with Crippen LogP contribution in [0.15, 0.2) is 81.7 Å². The number of non-ortho nitro benzene ring substituents is 1. The van der Waals surface area contributed by atoms with Crippen LogP contribution < -0.4 is 14.2 Å². The van der Waals surface area contributed by atoms with Crippen LogP contribution >= 0.6 is 15.9 Å². The van der Waals surface area contributed by atoms with E-state index in [-0.39, 0.29) is 34.3 Å². The Balaban J connectivity index is 1.87. The Labute approximate surface area is 215 Å². The summed E-state index contributed by atoms with van der Waals surface area (Å²) in [5.41, 5.74) is 0.411. The summed E-state index contributed by atoms with van der Waals surface area (Å²) in [6.45, 7) is 1.86. The largest absolute Gasteiger partial charge is 0.490 e. The quantitative estimate of drug-likeness (QED) is 0.123. The number of nitrogens with one attached hydrogen (secondary N) is 1. The van der Waals surface area contributed by atoms with Gasteiger partial charge in [0.05, 0.1) is 17.2 Å². The number of nitro groups is 1. The molecule has 0 unspecified atom stereocenters. The molecule has 1 amide bonds. The van der Waals surface area contributed by atoms with Crippen LogP contribution in [-0.2, 0) is 14.9 Å². The van der Waals surface area contributed by atoms with Gasteiger partial charge in [-0.25, -0.2) is 0 Å². The van der Waals surface area contributed by atoms with Gasteiger partial charge in [-0.3, -0.25) is 14.9 Å². The van der Waals surface area contributed by atoms with Gasteiger partial charge in [-0.2, -0.15) is 13.7 Å². The summed E-state index contributed by atoms with van der Waals surface area (Å²) in [7, 11) is -4.33. The van der Waals surface area contributed by atoms with Gasteiger partial charge in [-0.15, -0.1) is 0 Å². The van der Waals surface area contributed by atoms with E-state index in [0.717, 1.165) is 24.3 Å². The minimum atomic E-state index is -4.33. The van der Waals surface area contributed by atoms with Crippen molar-refractivity contribution in [2.75, 3.05) is 11.9 Å². The van der Waals surface area contributed by atoms with Gasteiger partial charge >= 0.3 is 10.1 Å². The van der Waals surface area contributed by atoms with E-state index in [1.165, 1.54) is 24.3 Å². The lowest BCUT2D eigenvalue weighted by atomic mass is 10.1. The first-order valence-corrected chi connectivity index (χ1v) is 12.5.